The Morgan fingerprint density at radius 2 is 1.16 bits per heavy atom. The van der Waals surface area contributed by atoms with Gasteiger partial charge in [-0.2, -0.15) is 0 Å². The van der Waals surface area contributed by atoms with E-state index in [4.69, 9.17) is 61.0 Å². The summed E-state index contributed by atoms with van der Waals surface area (Å²) < 4.78 is 50.3. The lowest BCUT2D eigenvalue weighted by atomic mass is 10.1. The summed E-state index contributed by atoms with van der Waals surface area (Å²) in [5.41, 5.74) is 6.60. The van der Waals surface area contributed by atoms with Crippen LogP contribution in [-0.4, -0.2) is 25.2 Å². The number of nitrogens with two attached hydrogens (primary N) is 1. The first-order valence-corrected chi connectivity index (χ1v) is 15.5. The second-order valence-electron chi connectivity index (χ2n) is 9.49. The Bertz CT molecular complexity index is 1780. The lowest BCUT2D eigenvalue weighted by Crippen LogP contribution is -2.10. The number of nitrogen functional groups attached to an aromatic ring is 1. The molecule has 0 aliphatic carbocycles. The molecule has 0 heterocycles. The van der Waals surface area contributed by atoms with Gasteiger partial charge in [-0.3, -0.25) is 9.59 Å². The minimum absolute atomic E-state index is 0. The zero-order valence-electron chi connectivity index (χ0n) is 25.4. The zero-order valence-corrected chi connectivity index (χ0v) is 28.5. The molecule has 0 amide bonds. The van der Waals surface area contributed by atoms with E-state index in [1.54, 1.807) is 19.9 Å². The number of hydrogen-bond donors (Lipinski definition) is 1. The average molecular weight is 793 g/mol. The van der Waals surface area contributed by atoms with E-state index >= 15 is 0 Å². The summed E-state index contributed by atoms with van der Waals surface area (Å²) in [6, 6.07) is 14.6. The van der Waals surface area contributed by atoms with Crippen LogP contribution in [0.25, 0.3) is 9.69 Å². The highest BCUT2D eigenvalue weighted by Gasteiger charge is 2.19. The van der Waals surface area contributed by atoms with E-state index in [1.165, 1.54) is 54.6 Å². The van der Waals surface area contributed by atoms with Gasteiger partial charge in [0.25, 0.3) is 0 Å². The van der Waals surface area contributed by atoms with Crippen molar-refractivity contribution in [3.05, 3.63) is 121 Å². The molecule has 0 saturated heterocycles. The molecule has 0 spiro atoms. The molecule has 0 unspecified atom stereocenters. The molecule has 2 N–H and O–H groups in total. The van der Waals surface area contributed by atoms with Crippen LogP contribution in [0.15, 0.2) is 65.1 Å². The standard InChI is InChI=1S/C17H12BrClFNO3.C17H14ClFN2O3.2CH4/c1-3-23-15(22)6-10-4-5-14(18)17(16(10)20)24-13-8-11(19)7-12(9-13)21-2;1-3-23-15(22)6-10-4-5-14(20)17(16(10)19)24-13-8-11(18)7-12(9-13)21-2;;/h4-5,7-9H,3,6H2,1H3;4-5,7-9H,3,6,20H2,1H3;2*1H4. The zero-order chi connectivity index (χ0) is 35.4. The summed E-state index contributed by atoms with van der Waals surface area (Å²) in [5, 5.41) is 0.581. The van der Waals surface area contributed by atoms with E-state index in [2.05, 4.69) is 25.6 Å². The van der Waals surface area contributed by atoms with Gasteiger partial charge in [-0.25, -0.2) is 18.5 Å². The number of carbonyl (C=O) groups excluding carboxylic acids is 2. The summed E-state index contributed by atoms with van der Waals surface area (Å²) in [7, 11) is 0. The van der Waals surface area contributed by atoms with Crippen molar-refractivity contribution in [3.8, 4) is 23.0 Å². The monoisotopic (exact) mass is 791 g/mol. The highest BCUT2D eigenvalue weighted by molar-refractivity contribution is 9.10. The normalized spacial score (nSPS) is 9.70. The van der Waals surface area contributed by atoms with E-state index in [0.717, 1.165) is 0 Å². The summed E-state index contributed by atoms with van der Waals surface area (Å²) in [6.45, 7) is 17.8. The van der Waals surface area contributed by atoms with Crippen molar-refractivity contribution in [2.45, 2.75) is 41.5 Å². The van der Waals surface area contributed by atoms with Gasteiger partial charge in [0.05, 0.1) is 49.4 Å². The van der Waals surface area contributed by atoms with E-state index in [0.29, 0.717) is 9.50 Å². The third-order valence-electron chi connectivity index (χ3n) is 6.03. The number of nitrogens with zero attached hydrogens (tertiary/aromatic N) is 2. The number of anilines is 1. The highest BCUT2D eigenvalue weighted by Crippen LogP contribution is 2.38. The van der Waals surface area contributed by atoms with Crippen LogP contribution in [0.4, 0.5) is 25.8 Å². The molecule has 0 aromatic heterocycles. The van der Waals surface area contributed by atoms with Crippen LogP contribution in [0.3, 0.4) is 0 Å². The minimum atomic E-state index is -0.757. The summed E-state index contributed by atoms with van der Waals surface area (Å²) in [6.07, 6.45) is -0.439. The number of rotatable bonds is 10. The Kier molecular flexibility index (Phi) is 17.8. The number of benzene rings is 4. The summed E-state index contributed by atoms with van der Waals surface area (Å²) in [4.78, 5) is 29.6. The summed E-state index contributed by atoms with van der Waals surface area (Å²) >= 11 is 15.0. The van der Waals surface area contributed by atoms with Gasteiger partial charge in [0.15, 0.2) is 34.5 Å². The molecule has 0 aliphatic heterocycles. The smallest absolute Gasteiger partial charge is 0.310 e. The number of hydrogen-bond acceptors (Lipinski definition) is 7. The lowest BCUT2D eigenvalue weighted by Gasteiger charge is -2.13. The maximum absolute atomic E-state index is 14.6. The molecule has 4 aromatic rings. The minimum Gasteiger partial charge on any atom is -0.466 e. The van der Waals surface area contributed by atoms with E-state index < -0.39 is 23.6 Å². The third kappa shape index (κ3) is 12.2. The quantitative estimate of drug-likeness (QED) is 0.0968. The fourth-order valence-corrected chi connectivity index (χ4v) is 4.79. The Balaban J connectivity index is 0.000000481. The SMILES string of the molecule is C.C.[C-]#[N+]c1cc(Cl)cc(Oc2c(Br)ccc(CC(=O)OCC)c2F)c1.[C-]#[N+]c1cc(Cl)cc(Oc2c(N)ccc(CC(=O)OCC)c2F)c1. The molecule has 264 valence electrons. The van der Waals surface area contributed by atoms with Crippen molar-refractivity contribution in [3.63, 3.8) is 0 Å². The highest BCUT2D eigenvalue weighted by atomic mass is 79.9. The second-order valence-corrected chi connectivity index (χ2v) is 11.2. The third-order valence-corrected chi connectivity index (χ3v) is 7.09. The molecule has 0 aliphatic rings. The predicted molar refractivity (Wildman–Crippen MR) is 195 cm³/mol. The maximum Gasteiger partial charge on any atom is 0.310 e. The molecular formula is C36H34BrCl2F2N3O6. The lowest BCUT2D eigenvalue weighted by molar-refractivity contribution is -0.143. The molecule has 0 saturated carbocycles. The van der Waals surface area contributed by atoms with Gasteiger partial charge in [0.1, 0.15) is 11.5 Å². The topological polar surface area (TPSA) is 106 Å². The van der Waals surface area contributed by atoms with Gasteiger partial charge >= 0.3 is 11.9 Å². The van der Waals surface area contributed by atoms with E-state index in [9.17, 15) is 18.4 Å². The van der Waals surface area contributed by atoms with Crippen LogP contribution in [0.5, 0.6) is 23.0 Å². The number of ether oxygens (including phenoxy) is 4. The van der Waals surface area contributed by atoms with Gasteiger partial charge in [0, 0.05) is 21.2 Å². The molecule has 0 fully saturated rings. The van der Waals surface area contributed by atoms with Crippen molar-refractivity contribution in [2.75, 3.05) is 18.9 Å². The molecule has 50 heavy (non-hydrogen) atoms. The van der Waals surface area contributed by atoms with Crippen LogP contribution in [0.2, 0.25) is 10.0 Å². The molecule has 0 bridgehead atoms. The fourth-order valence-electron chi connectivity index (χ4n) is 3.97. The van der Waals surface area contributed by atoms with Crippen molar-refractivity contribution in [1.82, 2.24) is 0 Å². The molecule has 14 heteroatoms. The summed E-state index contributed by atoms with van der Waals surface area (Å²) in [5.74, 6) is -2.43. The van der Waals surface area contributed by atoms with Crippen LogP contribution in [-0.2, 0) is 31.9 Å². The predicted octanol–water partition coefficient (Wildman–Crippen LogP) is 11.5. The molecule has 4 rings (SSSR count). The number of esters is 2. The van der Waals surface area contributed by atoms with Crippen molar-refractivity contribution >= 4 is 68.1 Å². The first-order valence-electron chi connectivity index (χ1n) is 14.0. The Labute approximate surface area is 308 Å². The Morgan fingerprint density at radius 3 is 1.60 bits per heavy atom. The molecular weight excluding hydrogens is 759 g/mol. The molecule has 0 atom stereocenters. The van der Waals surface area contributed by atoms with Gasteiger partial charge in [-0.05, 0) is 78.3 Å². The molecule has 9 nitrogen and oxygen atoms in total. The van der Waals surface area contributed by atoms with E-state index in [-0.39, 0.29) is 97.1 Å². The number of halogens is 5. The van der Waals surface area contributed by atoms with Crippen LogP contribution >= 0.6 is 39.1 Å². The Hall–Kier alpha value is -4.88. The van der Waals surface area contributed by atoms with Crippen molar-refractivity contribution in [2.24, 2.45) is 0 Å². The first kappa shape index (κ1) is 43.1. The second kappa shape index (κ2) is 20.6. The van der Waals surface area contributed by atoms with E-state index in [1.807, 2.05) is 0 Å². The van der Waals surface area contributed by atoms with Crippen LogP contribution in [0, 0.1) is 24.8 Å². The van der Waals surface area contributed by atoms with Gasteiger partial charge in [0.2, 0.25) is 0 Å². The first-order chi connectivity index (χ1) is 22.9. The van der Waals surface area contributed by atoms with Gasteiger partial charge in [-0.15, -0.1) is 0 Å². The largest absolute Gasteiger partial charge is 0.466 e. The molecule has 4 aromatic carbocycles. The van der Waals surface area contributed by atoms with Gasteiger partial charge in [-0.1, -0.05) is 50.2 Å². The Morgan fingerprint density at radius 1 is 0.740 bits per heavy atom. The van der Waals surface area contributed by atoms with Gasteiger partial charge < -0.3 is 24.7 Å². The number of carbonyl (C=O) groups is 2. The van der Waals surface area contributed by atoms with Crippen molar-refractivity contribution in [1.29, 1.82) is 0 Å². The average Bonchev–Trinajstić information content (AvgIpc) is 3.04. The van der Waals surface area contributed by atoms with Crippen LogP contribution in [0.1, 0.15) is 39.8 Å². The maximum atomic E-state index is 14.6. The van der Waals surface area contributed by atoms with Crippen LogP contribution < -0.4 is 15.2 Å². The van der Waals surface area contributed by atoms with Crippen molar-refractivity contribution < 1.29 is 37.3 Å². The molecule has 0 radical (unpaired) electrons. The fraction of sp³-hybridized carbons (Fsp3) is 0.222.